The quantitative estimate of drug-likeness (QED) is 0.763. The fourth-order valence-corrected chi connectivity index (χ4v) is 1.96. The van der Waals surface area contributed by atoms with Gasteiger partial charge in [-0.05, 0) is 49.2 Å². The first-order chi connectivity index (χ1) is 10.1. The Hall–Kier alpha value is -2.49. The standard InChI is InChI=1S/C17H19NO3/c1-13-5-2-8-16(11-13)21-10-4-9-18-15-7-3-6-14(12-15)17(19)20/h2-3,5-8,11-12,18H,4,9-10H2,1H3,(H,19,20). The second kappa shape index (κ2) is 7.33. The molecule has 2 rings (SSSR count). The van der Waals surface area contributed by atoms with Crippen LogP contribution >= 0.6 is 0 Å². The highest BCUT2D eigenvalue weighted by molar-refractivity contribution is 5.88. The SMILES string of the molecule is Cc1cccc(OCCCNc2cccc(C(=O)O)c2)c1. The molecule has 0 bridgehead atoms. The van der Waals surface area contributed by atoms with Gasteiger partial charge >= 0.3 is 5.97 Å². The van der Waals surface area contributed by atoms with Crippen LogP contribution in [0, 0.1) is 6.92 Å². The van der Waals surface area contributed by atoms with Crippen LogP contribution in [0.2, 0.25) is 0 Å². The van der Waals surface area contributed by atoms with Gasteiger partial charge in [-0.25, -0.2) is 4.79 Å². The van der Waals surface area contributed by atoms with E-state index in [4.69, 9.17) is 9.84 Å². The van der Waals surface area contributed by atoms with E-state index in [1.54, 1.807) is 18.2 Å². The molecule has 21 heavy (non-hydrogen) atoms. The van der Waals surface area contributed by atoms with Crippen molar-refractivity contribution >= 4 is 11.7 Å². The molecule has 2 aromatic carbocycles. The molecule has 0 fully saturated rings. The number of benzene rings is 2. The molecule has 0 aromatic heterocycles. The van der Waals surface area contributed by atoms with Crippen LogP contribution in [0.3, 0.4) is 0 Å². The second-order valence-electron chi connectivity index (χ2n) is 4.83. The number of anilines is 1. The topological polar surface area (TPSA) is 58.6 Å². The molecule has 0 aliphatic carbocycles. The van der Waals surface area contributed by atoms with Gasteiger partial charge in [0.05, 0.1) is 12.2 Å². The Bertz CT molecular complexity index is 610. The van der Waals surface area contributed by atoms with Gasteiger partial charge in [0.1, 0.15) is 5.75 Å². The van der Waals surface area contributed by atoms with Crippen molar-refractivity contribution in [1.82, 2.24) is 0 Å². The van der Waals surface area contributed by atoms with Crippen molar-refractivity contribution in [3.05, 3.63) is 59.7 Å². The molecule has 0 spiro atoms. The van der Waals surface area contributed by atoms with E-state index in [9.17, 15) is 4.79 Å². The minimum absolute atomic E-state index is 0.288. The van der Waals surface area contributed by atoms with E-state index >= 15 is 0 Å². The van der Waals surface area contributed by atoms with Crippen LogP contribution in [0.5, 0.6) is 5.75 Å². The molecule has 0 saturated heterocycles. The van der Waals surface area contributed by atoms with Gasteiger partial charge in [-0.15, -0.1) is 0 Å². The van der Waals surface area contributed by atoms with Gasteiger partial charge in [0.2, 0.25) is 0 Å². The van der Waals surface area contributed by atoms with Crippen LogP contribution in [-0.2, 0) is 0 Å². The van der Waals surface area contributed by atoms with Crippen LogP contribution < -0.4 is 10.1 Å². The Morgan fingerprint density at radius 3 is 2.76 bits per heavy atom. The number of aromatic carboxylic acids is 1. The average Bonchev–Trinajstić information content (AvgIpc) is 2.47. The van der Waals surface area contributed by atoms with Crippen molar-refractivity contribution in [3.8, 4) is 5.75 Å². The Balaban J connectivity index is 1.72. The third kappa shape index (κ3) is 4.84. The molecule has 0 amide bonds. The Labute approximate surface area is 124 Å². The van der Waals surface area contributed by atoms with Gasteiger partial charge in [-0.1, -0.05) is 18.2 Å². The number of carboxylic acid groups (broad SMARTS) is 1. The maximum absolute atomic E-state index is 10.9. The molecule has 0 heterocycles. The third-order valence-electron chi connectivity index (χ3n) is 3.02. The number of nitrogens with one attached hydrogen (secondary N) is 1. The molecule has 0 aliphatic heterocycles. The lowest BCUT2D eigenvalue weighted by molar-refractivity contribution is 0.0697. The van der Waals surface area contributed by atoms with Gasteiger partial charge in [0, 0.05) is 12.2 Å². The van der Waals surface area contributed by atoms with Crippen molar-refractivity contribution in [1.29, 1.82) is 0 Å². The van der Waals surface area contributed by atoms with E-state index in [2.05, 4.69) is 5.32 Å². The summed E-state index contributed by atoms with van der Waals surface area (Å²) in [5.74, 6) is -0.0377. The number of rotatable bonds is 7. The lowest BCUT2D eigenvalue weighted by Crippen LogP contribution is -2.08. The van der Waals surface area contributed by atoms with Crippen LogP contribution in [0.15, 0.2) is 48.5 Å². The summed E-state index contributed by atoms with van der Waals surface area (Å²) in [7, 11) is 0. The van der Waals surface area contributed by atoms with Crippen molar-refractivity contribution in [2.75, 3.05) is 18.5 Å². The van der Waals surface area contributed by atoms with Gasteiger partial charge in [-0.2, -0.15) is 0 Å². The second-order valence-corrected chi connectivity index (χ2v) is 4.83. The van der Waals surface area contributed by atoms with E-state index in [0.717, 1.165) is 24.4 Å². The highest BCUT2D eigenvalue weighted by Gasteiger charge is 2.02. The summed E-state index contributed by atoms with van der Waals surface area (Å²) in [5.41, 5.74) is 2.28. The minimum Gasteiger partial charge on any atom is -0.494 e. The molecule has 0 aliphatic rings. The fourth-order valence-electron chi connectivity index (χ4n) is 1.96. The fraction of sp³-hybridized carbons (Fsp3) is 0.235. The Kier molecular flexibility index (Phi) is 5.21. The molecule has 4 nitrogen and oxygen atoms in total. The van der Waals surface area contributed by atoms with E-state index in [-0.39, 0.29) is 5.56 Å². The van der Waals surface area contributed by atoms with E-state index in [1.807, 2.05) is 37.3 Å². The third-order valence-corrected chi connectivity index (χ3v) is 3.02. The van der Waals surface area contributed by atoms with Crippen molar-refractivity contribution < 1.29 is 14.6 Å². The largest absolute Gasteiger partial charge is 0.494 e. The van der Waals surface area contributed by atoms with Crippen molar-refractivity contribution in [2.24, 2.45) is 0 Å². The first-order valence-electron chi connectivity index (χ1n) is 6.92. The number of hydrogen-bond donors (Lipinski definition) is 2. The lowest BCUT2D eigenvalue weighted by Gasteiger charge is -2.09. The van der Waals surface area contributed by atoms with Crippen LogP contribution in [-0.4, -0.2) is 24.2 Å². The monoisotopic (exact) mass is 285 g/mol. The molecule has 0 saturated carbocycles. The number of aryl methyl sites for hydroxylation is 1. The zero-order valence-electron chi connectivity index (χ0n) is 12.0. The summed E-state index contributed by atoms with van der Waals surface area (Å²) >= 11 is 0. The Morgan fingerprint density at radius 2 is 2.00 bits per heavy atom. The summed E-state index contributed by atoms with van der Waals surface area (Å²) in [4.78, 5) is 10.9. The highest BCUT2D eigenvalue weighted by atomic mass is 16.5. The normalized spacial score (nSPS) is 10.1. The van der Waals surface area contributed by atoms with Crippen LogP contribution in [0.25, 0.3) is 0 Å². The molecule has 2 aromatic rings. The maximum Gasteiger partial charge on any atom is 0.335 e. The molecular formula is C17H19NO3. The summed E-state index contributed by atoms with van der Waals surface area (Å²) in [6, 6.07) is 14.7. The molecule has 0 radical (unpaired) electrons. The van der Waals surface area contributed by atoms with Crippen molar-refractivity contribution in [3.63, 3.8) is 0 Å². The molecule has 110 valence electrons. The Morgan fingerprint density at radius 1 is 1.19 bits per heavy atom. The molecule has 0 unspecified atom stereocenters. The lowest BCUT2D eigenvalue weighted by atomic mass is 10.2. The smallest absolute Gasteiger partial charge is 0.335 e. The molecule has 0 atom stereocenters. The van der Waals surface area contributed by atoms with Crippen LogP contribution in [0.4, 0.5) is 5.69 Å². The predicted molar refractivity (Wildman–Crippen MR) is 83.2 cm³/mol. The van der Waals surface area contributed by atoms with E-state index < -0.39 is 5.97 Å². The van der Waals surface area contributed by atoms with Gasteiger partial charge < -0.3 is 15.2 Å². The number of ether oxygens (including phenoxy) is 1. The summed E-state index contributed by atoms with van der Waals surface area (Å²) < 4.78 is 5.65. The first-order valence-corrected chi connectivity index (χ1v) is 6.92. The minimum atomic E-state index is -0.915. The summed E-state index contributed by atoms with van der Waals surface area (Å²) in [6.07, 6.45) is 0.839. The number of hydrogen-bond acceptors (Lipinski definition) is 3. The number of carbonyl (C=O) groups is 1. The average molecular weight is 285 g/mol. The molecule has 4 heteroatoms. The van der Waals surface area contributed by atoms with E-state index in [0.29, 0.717) is 6.61 Å². The number of carboxylic acids is 1. The maximum atomic E-state index is 10.9. The van der Waals surface area contributed by atoms with Gasteiger partial charge in [0.25, 0.3) is 0 Å². The summed E-state index contributed by atoms with van der Waals surface area (Å²) in [5, 5.41) is 12.1. The molecular weight excluding hydrogens is 266 g/mol. The molecule has 2 N–H and O–H groups in total. The highest BCUT2D eigenvalue weighted by Crippen LogP contribution is 2.13. The van der Waals surface area contributed by atoms with Gasteiger partial charge in [-0.3, -0.25) is 0 Å². The zero-order valence-corrected chi connectivity index (χ0v) is 12.0. The van der Waals surface area contributed by atoms with Gasteiger partial charge in [0.15, 0.2) is 0 Å². The zero-order chi connectivity index (χ0) is 15.1. The summed E-state index contributed by atoms with van der Waals surface area (Å²) in [6.45, 7) is 3.38. The van der Waals surface area contributed by atoms with E-state index in [1.165, 1.54) is 5.56 Å². The predicted octanol–water partition coefficient (Wildman–Crippen LogP) is 3.57. The van der Waals surface area contributed by atoms with Crippen molar-refractivity contribution in [2.45, 2.75) is 13.3 Å². The first kappa shape index (κ1) is 14.9. The van der Waals surface area contributed by atoms with Crippen LogP contribution in [0.1, 0.15) is 22.3 Å².